The van der Waals surface area contributed by atoms with E-state index in [1.54, 1.807) is 18.2 Å². The Hall–Kier alpha value is -1.20. The zero-order chi connectivity index (χ0) is 10.8. The van der Waals surface area contributed by atoms with E-state index in [0.29, 0.717) is 16.3 Å². The van der Waals surface area contributed by atoms with Gasteiger partial charge in [-0.2, -0.15) is 5.26 Å². The van der Waals surface area contributed by atoms with Crippen LogP contribution in [0, 0.1) is 11.3 Å². The fraction of sp³-hybridized carbons (Fsp3) is 0.364. The topological polar surface area (TPSA) is 33.0 Å². The van der Waals surface area contributed by atoms with E-state index in [0.717, 1.165) is 0 Å². The summed E-state index contributed by atoms with van der Waals surface area (Å²) in [6, 6.07) is 7.08. The second-order valence-corrected chi connectivity index (χ2v) is 4.40. The van der Waals surface area contributed by atoms with Crippen LogP contribution in [0.2, 0.25) is 5.02 Å². The summed E-state index contributed by atoms with van der Waals surface area (Å²) in [4.78, 5) is 0. The van der Waals surface area contributed by atoms with Crippen LogP contribution >= 0.6 is 11.6 Å². The lowest BCUT2D eigenvalue weighted by Crippen LogP contribution is -2.23. The van der Waals surface area contributed by atoms with Crippen molar-refractivity contribution in [3.8, 4) is 11.8 Å². The summed E-state index contributed by atoms with van der Waals surface area (Å²) < 4.78 is 5.60. The average Bonchev–Trinajstić information content (AvgIpc) is 2.06. The summed E-state index contributed by atoms with van der Waals surface area (Å²) in [5.74, 6) is 0.574. The molecular formula is C11H12ClNO. The number of hydrogen-bond acceptors (Lipinski definition) is 2. The number of benzene rings is 1. The molecule has 0 aliphatic heterocycles. The van der Waals surface area contributed by atoms with Crippen molar-refractivity contribution in [2.24, 2.45) is 0 Å². The van der Waals surface area contributed by atoms with Crippen molar-refractivity contribution in [1.82, 2.24) is 0 Å². The summed E-state index contributed by atoms with van der Waals surface area (Å²) in [7, 11) is 0. The third-order valence-corrected chi connectivity index (χ3v) is 1.71. The van der Waals surface area contributed by atoms with Gasteiger partial charge in [0.15, 0.2) is 0 Å². The van der Waals surface area contributed by atoms with Crippen LogP contribution in [-0.2, 0) is 0 Å². The second-order valence-electron chi connectivity index (χ2n) is 3.97. The van der Waals surface area contributed by atoms with Crippen LogP contribution in [0.3, 0.4) is 0 Å². The SMILES string of the molecule is CC(C)(C)Oc1ccc(Cl)cc1C#N. The predicted octanol–water partition coefficient (Wildman–Crippen LogP) is 3.39. The van der Waals surface area contributed by atoms with Crippen LogP contribution in [-0.4, -0.2) is 5.60 Å². The van der Waals surface area contributed by atoms with Gasteiger partial charge in [0.2, 0.25) is 0 Å². The van der Waals surface area contributed by atoms with Gasteiger partial charge in [0.25, 0.3) is 0 Å². The minimum atomic E-state index is -0.306. The van der Waals surface area contributed by atoms with Crippen LogP contribution in [0.25, 0.3) is 0 Å². The van der Waals surface area contributed by atoms with Gasteiger partial charge in [0.1, 0.15) is 17.4 Å². The van der Waals surface area contributed by atoms with Crippen molar-refractivity contribution < 1.29 is 4.74 Å². The maximum Gasteiger partial charge on any atom is 0.137 e. The standard InChI is InChI=1S/C11H12ClNO/c1-11(2,3)14-10-5-4-9(12)6-8(10)7-13/h4-6H,1-3H3. The Balaban J connectivity index is 3.05. The summed E-state index contributed by atoms with van der Waals surface area (Å²) in [6.07, 6.45) is 0. The molecular weight excluding hydrogens is 198 g/mol. The van der Waals surface area contributed by atoms with E-state index >= 15 is 0 Å². The maximum atomic E-state index is 8.85. The molecule has 0 N–H and O–H groups in total. The quantitative estimate of drug-likeness (QED) is 0.710. The molecule has 1 aromatic carbocycles. The summed E-state index contributed by atoms with van der Waals surface area (Å²) in [6.45, 7) is 5.80. The molecule has 0 atom stereocenters. The van der Waals surface area contributed by atoms with Crippen molar-refractivity contribution in [2.75, 3.05) is 0 Å². The van der Waals surface area contributed by atoms with Crippen molar-refractivity contribution in [2.45, 2.75) is 26.4 Å². The number of hydrogen-bond donors (Lipinski definition) is 0. The lowest BCUT2D eigenvalue weighted by molar-refractivity contribution is 0.130. The van der Waals surface area contributed by atoms with Crippen LogP contribution in [0.1, 0.15) is 26.3 Å². The summed E-state index contributed by atoms with van der Waals surface area (Å²) >= 11 is 5.76. The Bertz CT molecular complexity index is 374. The van der Waals surface area contributed by atoms with E-state index in [1.165, 1.54) is 0 Å². The number of nitrogens with zero attached hydrogens (tertiary/aromatic N) is 1. The fourth-order valence-electron chi connectivity index (χ4n) is 1.01. The minimum absolute atomic E-state index is 0.306. The first-order valence-electron chi connectivity index (χ1n) is 4.31. The minimum Gasteiger partial charge on any atom is -0.487 e. The first kappa shape index (κ1) is 10.9. The van der Waals surface area contributed by atoms with E-state index in [2.05, 4.69) is 0 Å². The lowest BCUT2D eigenvalue weighted by atomic mass is 10.1. The van der Waals surface area contributed by atoms with E-state index in [1.807, 2.05) is 26.8 Å². The van der Waals surface area contributed by atoms with Crippen LogP contribution < -0.4 is 4.74 Å². The van der Waals surface area contributed by atoms with E-state index in [4.69, 9.17) is 21.6 Å². The zero-order valence-corrected chi connectivity index (χ0v) is 9.22. The van der Waals surface area contributed by atoms with Crippen molar-refractivity contribution in [1.29, 1.82) is 5.26 Å². The Morgan fingerprint density at radius 2 is 2.00 bits per heavy atom. The molecule has 0 bridgehead atoms. The molecule has 0 aliphatic rings. The van der Waals surface area contributed by atoms with Crippen molar-refractivity contribution in [3.63, 3.8) is 0 Å². The third kappa shape index (κ3) is 2.93. The number of rotatable bonds is 1. The molecule has 0 unspecified atom stereocenters. The van der Waals surface area contributed by atoms with E-state index < -0.39 is 0 Å². The van der Waals surface area contributed by atoms with Gasteiger partial charge >= 0.3 is 0 Å². The van der Waals surface area contributed by atoms with Gasteiger partial charge in [-0.25, -0.2) is 0 Å². The second kappa shape index (κ2) is 3.89. The fourth-order valence-corrected chi connectivity index (χ4v) is 1.18. The highest BCUT2D eigenvalue weighted by Crippen LogP contribution is 2.25. The molecule has 1 aromatic rings. The number of halogens is 1. The summed E-state index contributed by atoms with van der Waals surface area (Å²) in [5, 5.41) is 9.40. The smallest absolute Gasteiger partial charge is 0.137 e. The lowest BCUT2D eigenvalue weighted by Gasteiger charge is -2.21. The van der Waals surface area contributed by atoms with Crippen LogP contribution in [0.5, 0.6) is 5.75 Å². The van der Waals surface area contributed by atoms with Crippen molar-refractivity contribution >= 4 is 11.6 Å². The van der Waals surface area contributed by atoms with E-state index in [-0.39, 0.29) is 5.60 Å². The third-order valence-electron chi connectivity index (χ3n) is 1.48. The van der Waals surface area contributed by atoms with Crippen LogP contribution in [0.15, 0.2) is 18.2 Å². The maximum absolute atomic E-state index is 8.85. The normalized spacial score (nSPS) is 10.8. The monoisotopic (exact) mass is 209 g/mol. The number of nitriles is 1. The average molecular weight is 210 g/mol. The molecule has 0 aliphatic carbocycles. The predicted molar refractivity (Wildman–Crippen MR) is 56.5 cm³/mol. The highest BCUT2D eigenvalue weighted by molar-refractivity contribution is 6.30. The summed E-state index contributed by atoms with van der Waals surface area (Å²) in [5.41, 5.74) is 0.159. The molecule has 74 valence electrons. The molecule has 0 spiro atoms. The molecule has 0 saturated carbocycles. The Morgan fingerprint density at radius 3 is 2.50 bits per heavy atom. The molecule has 3 heteroatoms. The molecule has 0 radical (unpaired) electrons. The zero-order valence-electron chi connectivity index (χ0n) is 8.47. The first-order chi connectivity index (χ1) is 6.42. The molecule has 0 saturated heterocycles. The van der Waals surface area contributed by atoms with Crippen LogP contribution in [0.4, 0.5) is 0 Å². The Morgan fingerprint density at radius 1 is 1.36 bits per heavy atom. The molecule has 0 aromatic heterocycles. The molecule has 1 rings (SSSR count). The van der Waals surface area contributed by atoms with E-state index in [9.17, 15) is 0 Å². The van der Waals surface area contributed by atoms with Gasteiger partial charge in [0, 0.05) is 5.02 Å². The number of ether oxygens (including phenoxy) is 1. The highest BCUT2D eigenvalue weighted by atomic mass is 35.5. The molecule has 2 nitrogen and oxygen atoms in total. The van der Waals surface area contributed by atoms with Gasteiger partial charge in [0.05, 0.1) is 5.56 Å². The molecule has 0 fully saturated rings. The van der Waals surface area contributed by atoms with Gasteiger partial charge in [-0.05, 0) is 39.0 Å². The van der Waals surface area contributed by atoms with Gasteiger partial charge in [-0.3, -0.25) is 0 Å². The Kier molecular flexibility index (Phi) is 3.03. The van der Waals surface area contributed by atoms with Gasteiger partial charge in [-0.15, -0.1) is 0 Å². The molecule has 0 heterocycles. The molecule has 14 heavy (non-hydrogen) atoms. The molecule has 0 amide bonds. The van der Waals surface area contributed by atoms with Gasteiger partial charge < -0.3 is 4.74 Å². The highest BCUT2D eigenvalue weighted by Gasteiger charge is 2.14. The first-order valence-corrected chi connectivity index (χ1v) is 4.69. The Labute approximate surface area is 89.1 Å². The largest absolute Gasteiger partial charge is 0.487 e. The van der Waals surface area contributed by atoms with Crippen molar-refractivity contribution in [3.05, 3.63) is 28.8 Å². The van der Waals surface area contributed by atoms with Gasteiger partial charge in [-0.1, -0.05) is 11.6 Å².